The summed E-state index contributed by atoms with van der Waals surface area (Å²) in [4.78, 5) is 47.0. The molecule has 42 heavy (non-hydrogen) atoms. The highest BCUT2D eigenvalue weighted by molar-refractivity contribution is 6.31. The second-order valence-electron chi connectivity index (χ2n) is 12.0. The van der Waals surface area contributed by atoms with E-state index < -0.39 is 0 Å². The molecule has 0 aliphatic carbocycles. The number of piperidine rings is 1. The Kier molecular flexibility index (Phi) is 9.74. The van der Waals surface area contributed by atoms with Gasteiger partial charge < -0.3 is 24.3 Å². The van der Waals surface area contributed by atoms with Crippen molar-refractivity contribution < 1.29 is 19.1 Å². The standard InChI is InChI=1S/C33H43ClN4O4/c1-4-42-31-9-6-5-8-29(31)33(41)37-21-26-19-35(20-27(26)22-37)14-7-15-38(28-11-10-23(2)30(34)18-28)32(40)25-12-16-36(17-13-25)24(3)39/h5-6,8-11,18,25-27H,4,7,12-17,19-22H2,1-3H3. The SMILES string of the molecule is CCOc1ccccc1C(=O)N1CC2CN(CCCN(C(=O)C3CCN(C(C)=O)CC3)c3ccc(C)c(Cl)c3)CC2C1. The lowest BCUT2D eigenvalue weighted by atomic mass is 9.94. The topological polar surface area (TPSA) is 73.4 Å². The van der Waals surface area contributed by atoms with E-state index in [0.717, 1.165) is 50.4 Å². The molecule has 226 valence electrons. The normalized spacial score (nSPS) is 21.0. The molecule has 2 atom stereocenters. The number of hydrogen-bond acceptors (Lipinski definition) is 5. The number of aryl methyl sites for hydroxylation is 1. The molecule has 3 saturated heterocycles. The molecule has 2 aromatic carbocycles. The average molecular weight is 595 g/mol. The van der Waals surface area contributed by atoms with Gasteiger partial charge in [-0.25, -0.2) is 0 Å². The molecule has 2 unspecified atom stereocenters. The molecule has 3 aliphatic rings. The van der Waals surface area contributed by atoms with Crippen molar-refractivity contribution in [2.75, 3.05) is 63.9 Å². The van der Waals surface area contributed by atoms with Gasteiger partial charge in [0.1, 0.15) is 5.75 Å². The molecular formula is C33H43ClN4O4. The molecule has 0 N–H and O–H groups in total. The van der Waals surface area contributed by atoms with Crippen LogP contribution in [0.1, 0.15) is 49.0 Å². The average Bonchev–Trinajstić information content (AvgIpc) is 3.56. The van der Waals surface area contributed by atoms with Gasteiger partial charge in [0.05, 0.1) is 12.2 Å². The molecule has 0 aromatic heterocycles. The molecule has 9 heteroatoms. The van der Waals surface area contributed by atoms with Gasteiger partial charge in [0.2, 0.25) is 11.8 Å². The first kappa shape index (κ1) is 30.4. The van der Waals surface area contributed by atoms with Gasteiger partial charge in [0, 0.05) is 69.4 Å². The molecule has 3 amide bonds. The first-order valence-electron chi connectivity index (χ1n) is 15.3. The number of amides is 3. The lowest BCUT2D eigenvalue weighted by Crippen LogP contribution is -2.44. The van der Waals surface area contributed by atoms with E-state index in [1.54, 1.807) is 6.92 Å². The zero-order chi connectivity index (χ0) is 29.8. The maximum atomic E-state index is 13.8. The lowest BCUT2D eigenvalue weighted by molar-refractivity contribution is -0.133. The van der Waals surface area contributed by atoms with Crippen molar-refractivity contribution in [1.29, 1.82) is 0 Å². The quantitative estimate of drug-likeness (QED) is 0.420. The van der Waals surface area contributed by atoms with Crippen LogP contribution >= 0.6 is 11.6 Å². The number of hydrogen-bond donors (Lipinski definition) is 0. The third-order valence-corrected chi connectivity index (χ3v) is 9.55. The van der Waals surface area contributed by atoms with Gasteiger partial charge in [-0.05, 0) is 81.3 Å². The van der Waals surface area contributed by atoms with E-state index in [-0.39, 0.29) is 23.6 Å². The van der Waals surface area contributed by atoms with E-state index in [1.165, 1.54) is 0 Å². The van der Waals surface area contributed by atoms with Gasteiger partial charge in [0.25, 0.3) is 5.91 Å². The summed E-state index contributed by atoms with van der Waals surface area (Å²) in [6.45, 7) is 12.3. The molecule has 8 nitrogen and oxygen atoms in total. The number of ether oxygens (including phenoxy) is 1. The molecule has 3 heterocycles. The number of carbonyl (C=O) groups excluding carboxylic acids is 3. The van der Waals surface area contributed by atoms with Crippen LogP contribution in [0.3, 0.4) is 0 Å². The third kappa shape index (κ3) is 6.76. The van der Waals surface area contributed by atoms with Crippen LogP contribution in [0.2, 0.25) is 5.02 Å². The molecule has 2 aromatic rings. The number of para-hydroxylation sites is 1. The van der Waals surface area contributed by atoms with Crippen molar-refractivity contribution >= 4 is 35.0 Å². The van der Waals surface area contributed by atoms with Crippen molar-refractivity contribution in [2.24, 2.45) is 17.8 Å². The highest BCUT2D eigenvalue weighted by atomic mass is 35.5. The third-order valence-electron chi connectivity index (χ3n) is 9.15. The Bertz CT molecular complexity index is 1280. The van der Waals surface area contributed by atoms with Gasteiger partial charge >= 0.3 is 0 Å². The maximum Gasteiger partial charge on any atom is 0.257 e. The van der Waals surface area contributed by atoms with E-state index in [9.17, 15) is 14.4 Å². The van der Waals surface area contributed by atoms with Crippen LogP contribution in [0.4, 0.5) is 5.69 Å². The molecule has 5 rings (SSSR count). The Hall–Kier alpha value is -3.10. The van der Waals surface area contributed by atoms with Crippen molar-refractivity contribution in [3.8, 4) is 5.75 Å². The molecule has 3 aliphatic heterocycles. The first-order valence-corrected chi connectivity index (χ1v) is 15.7. The molecule has 0 radical (unpaired) electrons. The minimum atomic E-state index is -0.0943. The highest BCUT2D eigenvalue weighted by Crippen LogP contribution is 2.33. The van der Waals surface area contributed by atoms with Crippen molar-refractivity contribution in [3.63, 3.8) is 0 Å². The predicted molar refractivity (Wildman–Crippen MR) is 165 cm³/mol. The number of rotatable bonds is 9. The Balaban J connectivity index is 1.16. The molecule has 3 fully saturated rings. The van der Waals surface area contributed by atoms with E-state index in [1.807, 2.05) is 71.0 Å². The number of fused-ring (bicyclic) bond motifs is 1. The highest BCUT2D eigenvalue weighted by Gasteiger charge is 2.42. The van der Waals surface area contributed by atoms with Crippen molar-refractivity contribution in [1.82, 2.24) is 14.7 Å². The lowest BCUT2D eigenvalue weighted by Gasteiger charge is -2.34. The fourth-order valence-corrected chi connectivity index (χ4v) is 6.94. The minimum Gasteiger partial charge on any atom is -0.493 e. The summed E-state index contributed by atoms with van der Waals surface area (Å²) in [5, 5.41) is 0.659. The monoisotopic (exact) mass is 594 g/mol. The predicted octanol–water partition coefficient (Wildman–Crippen LogP) is 4.73. The number of carbonyl (C=O) groups is 3. The van der Waals surface area contributed by atoms with Crippen molar-refractivity contribution in [2.45, 2.75) is 40.0 Å². The first-order chi connectivity index (χ1) is 20.2. The molecular weight excluding hydrogens is 552 g/mol. The van der Waals surface area contributed by atoms with Gasteiger partial charge in [0.15, 0.2) is 0 Å². The van der Waals surface area contributed by atoms with E-state index in [0.29, 0.717) is 67.3 Å². The fourth-order valence-electron chi connectivity index (χ4n) is 6.76. The Labute approximate surface area is 254 Å². The summed E-state index contributed by atoms with van der Waals surface area (Å²) in [6.07, 6.45) is 2.23. The van der Waals surface area contributed by atoms with E-state index in [4.69, 9.17) is 16.3 Å². The van der Waals surface area contributed by atoms with Crippen LogP contribution in [0, 0.1) is 24.7 Å². The zero-order valence-electron chi connectivity index (χ0n) is 25.1. The Morgan fingerprint density at radius 1 is 0.976 bits per heavy atom. The Morgan fingerprint density at radius 2 is 1.67 bits per heavy atom. The van der Waals surface area contributed by atoms with Crippen LogP contribution in [0.15, 0.2) is 42.5 Å². The summed E-state index contributed by atoms with van der Waals surface area (Å²) in [5.41, 5.74) is 2.47. The van der Waals surface area contributed by atoms with Crippen LogP contribution < -0.4 is 9.64 Å². The molecule has 0 bridgehead atoms. The zero-order valence-corrected chi connectivity index (χ0v) is 25.8. The maximum absolute atomic E-state index is 13.8. The van der Waals surface area contributed by atoms with Crippen LogP contribution in [0.5, 0.6) is 5.75 Å². The van der Waals surface area contributed by atoms with Crippen LogP contribution in [-0.4, -0.2) is 91.4 Å². The fraction of sp³-hybridized carbons (Fsp3) is 0.545. The number of nitrogens with zero attached hydrogens (tertiary/aromatic N) is 4. The van der Waals surface area contributed by atoms with Crippen LogP contribution in [0.25, 0.3) is 0 Å². The van der Waals surface area contributed by atoms with Crippen LogP contribution in [-0.2, 0) is 9.59 Å². The van der Waals surface area contributed by atoms with Gasteiger partial charge in [-0.3, -0.25) is 14.4 Å². The number of anilines is 1. The number of halogens is 1. The smallest absolute Gasteiger partial charge is 0.257 e. The summed E-state index contributed by atoms with van der Waals surface area (Å²) >= 11 is 6.47. The van der Waals surface area contributed by atoms with Crippen molar-refractivity contribution in [3.05, 3.63) is 58.6 Å². The minimum absolute atomic E-state index is 0.0556. The largest absolute Gasteiger partial charge is 0.493 e. The number of benzene rings is 2. The molecule has 0 saturated carbocycles. The van der Waals surface area contributed by atoms with Gasteiger partial charge in [-0.1, -0.05) is 29.8 Å². The summed E-state index contributed by atoms with van der Waals surface area (Å²) < 4.78 is 5.70. The summed E-state index contributed by atoms with van der Waals surface area (Å²) in [7, 11) is 0. The summed E-state index contributed by atoms with van der Waals surface area (Å²) in [5.74, 6) is 1.74. The van der Waals surface area contributed by atoms with E-state index >= 15 is 0 Å². The second kappa shape index (κ2) is 13.5. The van der Waals surface area contributed by atoms with Gasteiger partial charge in [-0.15, -0.1) is 0 Å². The molecule has 0 spiro atoms. The Morgan fingerprint density at radius 3 is 2.31 bits per heavy atom. The van der Waals surface area contributed by atoms with Gasteiger partial charge in [-0.2, -0.15) is 0 Å². The van der Waals surface area contributed by atoms with E-state index in [2.05, 4.69) is 4.90 Å². The number of likely N-dealkylation sites (tertiary alicyclic amines) is 3. The summed E-state index contributed by atoms with van der Waals surface area (Å²) in [6, 6.07) is 13.4. The second-order valence-corrected chi connectivity index (χ2v) is 12.4.